The number of aryl methyl sites for hydroxylation is 4. The summed E-state index contributed by atoms with van der Waals surface area (Å²) < 4.78 is 5.67. The summed E-state index contributed by atoms with van der Waals surface area (Å²) in [4.78, 5) is 0. The Kier molecular flexibility index (Phi) is 3.54. The van der Waals surface area contributed by atoms with Crippen molar-refractivity contribution in [2.24, 2.45) is 0 Å². The summed E-state index contributed by atoms with van der Waals surface area (Å²) >= 11 is 6.65. The molecule has 2 aromatic rings. The molecule has 1 heterocycles. The molecule has 1 atom stereocenters. The van der Waals surface area contributed by atoms with E-state index in [1.54, 1.807) is 0 Å². The second-order valence-electron chi connectivity index (χ2n) is 4.98. The van der Waals surface area contributed by atoms with E-state index in [4.69, 9.17) is 16.0 Å². The van der Waals surface area contributed by atoms with E-state index < -0.39 is 0 Å². The fraction of sp³-hybridized carbons (Fsp3) is 0.375. The normalized spacial score (nSPS) is 12.8. The van der Waals surface area contributed by atoms with Gasteiger partial charge in [0.1, 0.15) is 11.5 Å². The zero-order valence-electron chi connectivity index (χ0n) is 11.6. The van der Waals surface area contributed by atoms with E-state index in [2.05, 4.69) is 39.0 Å². The van der Waals surface area contributed by atoms with Crippen molar-refractivity contribution in [3.8, 4) is 0 Å². The van der Waals surface area contributed by atoms with Crippen LogP contribution in [0, 0.1) is 34.6 Å². The maximum Gasteiger partial charge on any atom is 0.106 e. The highest BCUT2D eigenvalue weighted by Gasteiger charge is 2.21. The first kappa shape index (κ1) is 13.2. The Balaban J connectivity index is 2.51. The van der Waals surface area contributed by atoms with Crippen LogP contribution in [0.1, 0.15) is 44.7 Å². The molecule has 18 heavy (non-hydrogen) atoms. The predicted molar refractivity (Wildman–Crippen MR) is 76.5 cm³/mol. The molecule has 0 aliphatic rings. The van der Waals surface area contributed by atoms with Gasteiger partial charge in [0.15, 0.2) is 0 Å². The molecule has 2 rings (SSSR count). The van der Waals surface area contributed by atoms with Crippen molar-refractivity contribution in [1.29, 1.82) is 0 Å². The summed E-state index contributed by atoms with van der Waals surface area (Å²) in [5.41, 5.74) is 5.92. The van der Waals surface area contributed by atoms with Gasteiger partial charge in [0.25, 0.3) is 0 Å². The zero-order chi connectivity index (χ0) is 13.4. The summed E-state index contributed by atoms with van der Waals surface area (Å²) in [5, 5.41) is -0.136. The number of benzene rings is 1. The van der Waals surface area contributed by atoms with Crippen molar-refractivity contribution >= 4 is 11.6 Å². The first-order chi connectivity index (χ1) is 8.41. The molecule has 0 radical (unpaired) electrons. The molecule has 1 aromatic heterocycles. The Labute approximate surface area is 114 Å². The topological polar surface area (TPSA) is 13.1 Å². The molecule has 2 heteroatoms. The first-order valence-electron chi connectivity index (χ1n) is 6.19. The molecule has 96 valence electrons. The minimum absolute atomic E-state index is 0.136. The SMILES string of the molecule is Cc1ccc(C(Cl)c2c(C)oc(C)c2C)c(C)c1. The molecular weight excluding hydrogens is 244 g/mol. The van der Waals surface area contributed by atoms with Crippen molar-refractivity contribution in [3.05, 3.63) is 57.5 Å². The van der Waals surface area contributed by atoms with Gasteiger partial charge in [-0.15, -0.1) is 11.6 Å². The van der Waals surface area contributed by atoms with Gasteiger partial charge in [-0.3, -0.25) is 0 Å². The van der Waals surface area contributed by atoms with E-state index in [1.165, 1.54) is 11.1 Å². The highest BCUT2D eigenvalue weighted by Crippen LogP contribution is 2.37. The van der Waals surface area contributed by atoms with Crippen molar-refractivity contribution in [1.82, 2.24) is 0 Å². The average Bonchev–Trinajstić information content (AvgIpc) is 2.52. The Hall–Kier alpha value is -1.21. The second kappa shape index (κ2) is 4.81. The van der Waals surface area contributed by atoms with E-state index in [0.29, 0.717) is 0 Å². The van der Waals surface area contributed by atoms with E-state index in [0.717, 1.165) is 28.2 Å². The van der Waals surface area contributed by atoms with Gasteiger partial charge >= 0.3 is 0 Å². The van der Waals surface area contributed by atoms with Crippen LogP contribution in [0.5, 0.6) is 0 Å². The van der Waals surface area contributed by atoms with Gasteiger partial charge in [0.2, 0.25) is 0 Å². The van der Waals surface area contributed by atoms with Crippen molar-refractivity contribution in [3.63, 3.8) is 0 Å². The fourth-order valence-electron chi connectivity index (χ4n) is 2.45. The van der Waals surface area contributed by atoms with Gasteiger partial charge in [-0.1, -0.05) is 23.8 Å². The number of alkyl halides is 1. The van der Waals surface area contributed by atoms with E-state index >= 15 is 0 Å². The predicted octanol–water partition coefficient (Wildman–Crippen LogP) is 5.15. The second-order valence-corrected chi connectivity index (χ2v) is 5.41. The fourth-order valence-corrected chi connectivity index (χ4v) is 3.01. The quantitative estimate of drug-likeness (QED) is 0.682. The number of hydrogen-bond acceptors (Lipinski definition) is 1. The average molecular weight is 263 g/mol. The molecule has 0 bridgehead atoms. The smallest absolute Gasteiger partial charge is 0.106 e. The third-order valence-electron chi connectivity index (χ3n) is 3.57. The minimum atomic E-state index is -0.136. The molecule has 0 saturated heterocycles. The summed E-state index contributed by atoms with van der Waals surface area (Å²) in [6.07, 6.45) is 0. The van der Waals surface area contributed by atoms with Crippen LogP contribution in [-0.4, -0.2) is 0 Å². The Morgan fingerprint density at radius 1 is 1.00 bits per heavy atom. The van der Waals surface area contributed by atoms with Crippen molar-refractivity contribution < 1.29 is 4.42 Å². The standard InChI is InChI=1S/C16H19ClO/c1-9-6-7-14(10(2)8-9)16(17)15-11(3)12(4)18-13(15)5/h6-8,16H,1-5H3. The van der Waals surface area contributed by atoms with Crippen LogP contribution in [0.3, 0.4) is 0 Å². The summed E-state index contributed by atoms with van der Waals surface area (Å²) in [6, 6.07) is 6.39. The van der Waals surface area contributed by atoms with Gasteiger partial charge in [-0.2, -0.15) is 0 Å². The van der Waals surface area contributed by atoms with E-state index in [1.807, 2.05) is 13.8 Å². The zero-order valence-corrected chi connectivity index (χ0v) is 12.4. The number of halogens is 1. The lowest BCUT2D eigenvalue weighted by molar-refractivity contribution is 0.500. The van der Waals surface area contributed by atoms with E-state index in [-0.39, 0.29) is 5.38 Å². The van der Waals surface area contributed by atoms with Crippen LogP contribution in [0.25, 0.3) is 0 Å². The van der Waals surface area contributed by atoms with Gasteiger partial charge in [-0.25, -0.2) is 0 Å². The van der Waals surface area contributed by atoms with E-state index in [9.17, 15) is 0 Å². The van der Waals surface area contributed by atoms with Gasteiger partial charge in [0, 0.05) is 5.56 Å². The molecular formula is C16H19ClO. The van der Waals surface area contributed by atoms with Crippen LogP contribution in [0.15, 0.2) is 22.6 Å². The van der Waals surface area contributed by atoms with Crippen molar-refractivity contribution in [2.45, 2.75) is 40.0 Å². The third-order valence-corrected chi connectivity index (χ3v) is 4.02. The van der Waals surface area contributed by atoms with Gasteiger partial charge < -0.3 is 4.42 Å². The molecule has 0 saturated carbocycles. The molecule has 1 nitrogen and oxygen atoms in total. The number of rotatable bonds is 2. The van der Waals surface area contributed by atoms with Crippen LogP contribution in [0.2, 0.25) is 0 Å². The molecule has 1 unspecified atom stereocenters. The molecule has 0 aliphatic carbocycles. The van der Waals surface area contributed by atoms with Crippen molar-refractivity contribution in [2.75, 3.05) is 0 Å². The van der Waals surface area contributed by atoms with Crippen LogP contribution < -0.4 is 0 Å². The third kappa shape index (κ3) is 2.20. The van der Waals surface area contributed by atoms with Crippen LogP contribution in [-0.2, 0) is 0 Å². The summed E-state index contributed by atoms with van der Waals surface area (Å²) in [7, 11) is 0. The lowest BCUT2D eigenvalue weighted by Gasteiger charge is -2.14. The Morgan fingerprint density at radius 2 is 1.67 bits per heavy atom. The number of furan rings is 1. The van der Waals surface area contributed by atoms with Crippen LogP contribution >= 0.6 is 11.6 Å². The lowest BCUT2D eigenvalue weighted by Crippen LogP contribution is -1.99. The van der Waals surface area contributed by atoms with Gasteiger partial charge in [0.05, 0.1) is 5.38 Å². The molecule has 0 N–H and O–H groups in total. The maximum atomic E-state index is 6.65. The largest absolute Gasteiger partial charge is 0.466 e. The first-order valence-corrected chi connectivity index (χ1v) is 6.63. The molecule has 0 fully saturated rings. The molecule has 0 spiro atoms. The summed E-state index contributed by atoms with van der Waals surface area (Å²) in [5.74, 6) is 1.88. The lowest BCUT2D eigenvalue weighted by atomic mass is 9.96. The molecule has 0 amide bonds. The Morgan fingerprint density at radius 3 is 2.17 bits per heavy atom. The Bertz CT molecular complexity index is 581. The maximum absolute atomic E-state index is 6.65. The molecule has 0 aliphatic heterocycles. The molecule has 1 aromatic carbocycles. The van der Waals surface area contributed by atoms with Crippen LogP contribution in [0.4, 0.5) is 0 Å². The summed E-state index contributed by atoms with van der Waals surface area (Å²) in [6.45, 7) is 10.2. The highest BCUT2D eigenvalue weighted by atomic mass is 35.5. The van der Waals surface area contributed by atoms with Gasteiger partial charge in [-0.05, 0) is 51.3 Å². The highest BCUT2D eigenvalue weighted by molar-refractivity contribution is 6.23. The monoisotopic (exact) mass is 262 g/mol. The number of hydrogen-bond donors (Lipinski definition) is 0. The minimum Gasteiger partial charge on any atom is -0.466 e.